The Kier molecular flexibility index (Phi) is 3.03. The first kappa shape index (κ1) is 11.0. The van der Waals surface area contributed by atoms with E-state index >= 15 is 0 Å². The number of hydrogen-bond donors (Lipinski definition) is 1. The van der Waals surface area contributed by atoms with Gasteiger partial charge in [-0.2, -0.15) is 0 Å². The van der Waals surface area contributed by atoms with Crippen LogP contribution in [0.25, 0.3) is 0 Å². The molecule has 13 heavy (non-hydrogen) atoms. The molecule has 0 aromatic heterocycles. The summed E-state index contributed by atoms with van der Waals surface area (Å²) < 4.78 is 15.6. The molecule has 0 radical (unpaired) electrons. The molecule has 1 aliphatic rings. The van der Waals surface area contributed by atoms with Crippen molar-refractivity contribution in [2.45, 2.75) is 20.0 Å². The van der Waals surface area contributed by atoms with Gasteiger partial charge in [-0.1, -0.05) is 38.2 Å². The van der Waals surface area contributed by atoms with E-state index in [1.54, 1.807) is 12.2 Å². The van der Waals surface area contributed by atoms with Gasteiger partial charge >= 0.3 is 6.95 Å². The topological polar surface area (TPSA) is 46.5 Å². The third-order valence-electron chi connectivity index (χ3n) is 1.90. The van der Waals surface area contributed by atoms with Gasteiger partial charge in [0.1, 0.15) is 0 Å². The van der Waals surface area contributed by atoms with Crippen molar-refractivity contribution in [3.63, 3.8) is 0 Å². The predicted molar refractivity (Wildman–Crippen MR) is 52.6 cm³/mol. The smallest absolute Gasteiger partial charge is 0.313 e. The van der Waals surface area contributed by atoms with Gasteiger partial charge in [-0.3, -0.25) is 4.52 Å². The summed E-state index contributed by atoms with van der Waals surface area (Å²) in [6, 6.07) is 0. The molecule has 0 saturated carbocycles. The van der Waals surface area contributed by atoms with E-state index < -0.39 is 13.1 Å². The molecule has 2 atom stereocenters. The summed E-state index contributed by atoms with van der Waals surface area (Å²) in [5, 5.41) is 0. The minimum Gasteiger partial charge on any atom is -0.313 e. The molecule has 74 valence electrons. The van der Waals surface area contributed by atoms with Crippen molar-refractivity contribution in [2.24, 2.45) is 5.41 Å². The zero-order chi connectivity index (χ0) is 10.1. The van der Waals surface area contributed by atoms with Gasteiger partial charge in [-0.15, -0.1) is 0 Å². The van der Waals surface area contributed by atoms with Gasteiger partial charge in [0.25, 0.3) is 0 Å². The Hall–Kier alpha value is -0.0800. The minimum absolute atomic E-state index is 0.304. The first-order valence-corrected chi connectivity index (χ1v) is 6.36. The van der Waals surface area contributed by atoms with Gasteiger partial charge in [-0.25, -0.2) is 4.57 Å². The van der Waals surface area contributed by atoms with Crippen LogP contribution in [-0.4, -0.2) is 11.0 Å². The summed E-state index contributed by atoms with van der Waals surface area (Å²) >= 11 is 5.12. The molecule has 0 spiro atoms. The maximum atomic E-state index is 10.8. The fraction of sp³-hybridized carbons (Fsp3) is 0.500. The van der Waals surface area contributed by atoms with Crippen LogP contribution in [0.4, 0.5) is 0 Å². The molecule has 0 fully saturated rings. The Labute approximate surface area is 82.4 Å². The summed E-state index contributed by atoms with van der Waals surface area (Å²) in [4.78, 5) is 8.84. The largest absolute Gasteiger partial charge is 0.422 e. The minimum atomic E-state index is -3.93. The van der Waals surface area contributed by atoms with Crippen LogP contribution in [0.1, 0.15) is 13.8 Å². The van der Waals surface area contributed by atoms with Crippen LogP contribution >= 0.6 is 18.2 Å². The Morgan fingerprint density at radius 2 is 2.15 bits per heavy atom. The molecular weight excluding hydrogens is 211 g/mol. The Morgan fingerprint density at radius 1 is 1.54 bits per heavy atom. The lowest BCUT2D eigenvalue weighted by Crippen LogP contribution is -2.28. The van der Waals surface area contributed by atoms with Crippen molar-refractivity contribution in [1.82, 2.24) is 0 Å². The van der Waals surface area contributed by atoms with Crippen LogP contribution < -0.4 is 0 Å². The van der Waals surface area contributed by atoms with Gasteiger partial charge < -0.3 is 4.89 Å². The van der Waals surface area contributed by atoms with Crippen LogP contribution in [-0.2, 0) is 9.09 Å². The molecule has 1 aliphatic carbocycles. The Morgan fingerprint density at radius 3 is 2.62 bits per heavy atom. The molecular formula is C8H12ClO3P. The molecule has 5 heteroatoms. The second kappa shape index (κ2) is 3.58. The molecule has 1 rings (SSSR count). The molecule has 1 N–H and O–H groups in total. The van der Waals surface area contributed by atoms with Gasteiger partial charge in [0, 0.05) is 16.7 Å². The fourth-order valence-electron chi connectivity index (χ4n) is 1.12. The fourth-order valence-corrected chi connectivity index (χ4v) is 2.00. The van der Waals surface area contributed by atoms with Crippen molar-refractivity contribution in [1.29, 1.82) is 0 Å². The highest BCUT2D eigenvalue weighted by molar-refractivity contribution is 7.80. The van der Waals surface area contributed by atoms with Crippen molar-refractivity contribution in [2.75, 3.05) is 0 Å². The SMILES string of the molecule is CC1(C)C=CC=CC1OP(=O)(O)Cl. The van der Waals surface area contributed by atoms with E-state index in [9.17, 15) is 4.57 Å². The molecule has 2 unspecified atom stereocenters. The van der Waals surface area contributed by atoms with E-state index in [1.807, 2.05) is 26.0 Å². The molecule has 0 amide bonds. The quantitative estimate of drug-likeness (QED) is 0.731. The van der Waals surface area contributed by atoms with Gasteiger partial charge in [0.2, 0.25) is 0 Å². The van der Waals surface area contributed by atoms with Crippen LogP contribution in [0.2, 0.25) is 0 Å². The molecule has 0 saturated heterocycles. The zero-order valence-corrected chi connectivity index (χ0v) is 9.13. The number of halogens is 1. The number of allylic oxidation sites excluding steroid dienone is 2. The van der Waals surface area contributed by atoms with Crippen LogP contribution in [0.5, 0.6) is 0 Å². The summed E-state index contributed by atoms with van der Waals surface area (Å²) in [5.41, 5.74) is -0.304. The van der Waals surface area contributed by atoms with Crippen molar-refractivity contribution < 1.29 is 14.0 Å². The van der Waals surface area contributed by atoms with E-state index in [-0.39, 0.29) is 5.41 Å². The lowest BCUT2D eigenvalue weighted by Gasteiger charge is -2.30. The first-order chi connectivity index (χ1) is 5.81. The van der Waals surface area contributed by atoms with E-state index in [1.165, 1.54) is 0 Å². The monoisotopic (exact) mass is 222 g/mol. The first-order valence-electron chi connectivity index (χ1n) is 3.88. The van der Waals surface area contributed by atoms with Crippen LogP contribution in [0.15, 0.2) is 24.3 Å². The summed E-state index contributed by atoms with van der Waals surface area (Å²) in [5.74, 6) is 0. The molecule has 3 nitrogen and oxygen atoms in total. The van der Waals surface area contributed by atoms with Gasteiger partial charge in [0.15, 0.2) is 0 Å². The van der Waals surface area contributed by atoms with E-state index in [4.69, 9.17) is 20.7 Å². The number of rotatable bonds is 2. The molecule has 0 heterocycles. The lowest BCUT2D eigenvalue weighted by atomic mass is 9.83. The maximum absolute atomic E-state index is 10.8. The van der Waals surface area contributed by atoms with E-state index in [0.29, 0.717) is 0 Å². The zero-order valence-electron chi connectivity index (χ0n) is 7.48. The molecule has 0 aliphatic heterocycles. The lowest BCUT2D eigenvalue weighted by molar-refractivity contribution is 0.137. The van der Waals surface area contributed by atoms with E-state index in [2.05, 4.69) is 0 Å². The normalized spacial score (nSPS) is 30.0. The third kappa shape index (κ3) is 3.28. The molecule has 0 bridgehead atoms. The number of hydrogen-bond acceptors (Lipinski definition) is 2. The van der Waals surface area contributed by atoms with Gasteiger partial charge in [-0.05, 0) is 0 Å². The standard InChI is InChI=1S/C8H12ClO3P/c1-8(2)6-4-3-5-7(8)12-13(9,10)11/h3-7H,1-2H3,(H,10,11). The third-order valence-corrected chi connectivity index (χ3v) is 2.63. The average Bonchev–Trinajstić information content (AvgIpc) is 1.91. The van der Waals surface area contributed by atoms with Crippen molar-refractivity contribution >= 4 is 18.2 Å². The van der Waals surface area contributed by atoms with Crippen LogP contribution in [0, 0.1) is 5.41 Å². The maximum Gasteiger partial charge on any atom is 0.422 e. The second-order valence-electron chi connectivity index (χ2n) is 3.54. The second-order valence-corrected chi connectivity index (χ2v) is 5.94. The summed E-state index contributed by atoms with van der Waals surface area (Å²) in [7, 11) is 0. The summed E-state index contributed by atoms with van der Waals surface area (Å²) in [6.07, 6.45) is 6.81. The molecule has 0 aromatic carbocycles. The van der Waals surface area contributed by atoms with Crippen LogP contribution in [0.3, 0.4) is 0 Å². The Bertz CT molecular complexity index is 290. The van der Waals surface area contributed by atoms with Crippen molar-refractivity contribution in [3.05, 3.63) is 24.3 Å². The molecule has 0 aromatic rings. The highest BCUT2D eigenvalue weighted by Gasteiger charge is 2.32. The van der Waals surface area contributed by atoms with E-state index in [0.717, 1.165) is 0 Å². The highest BCUT2D eigenvalue weighted by atomic mass is 35.7. The highest BCUT2D eigenvalue weighted by Crippen LogP contribution is 2.51. The Balaban J connectivity index is 2.76. The van der Waals surface area contributed by atoms with Crippen molar-refractivity contribution in [3.8, 4) is 0 Å². The van der Waals surface area contributed by atoms with Gasteiger partial charge in [0.05, 0.1) is 6.10 Å². The summed E-state index contributed by atoms with van der Waals surface area (Å²) in [6.45, 7) is -0.113. The average molecular weight is 223 g/mol. The predicted octanol–water partition coefficient (Wildman–Crippen LogP) is 2.86.